The van der Waals surface area contributed by atoms with E-state index in [1.807, 2.05) is 0 Å². The molecule has 82 valence electrons. The summed E-state index contributed by atoms with van der Waals surface area (Å²) in [6.07, 6.45) is -0.0293. The molecule has 0 aromatic carbocycles. The number of nitrogens with two attached hydrogens (primary N) is 1. The summed E-state index contributed by atoms with van der Waals surface area (Å²) >= 11 is 5.60. The summed E-state index contributed by atoms with van der Waals surface area (Å²) in [5.41, 5.74) is 4.27. The molecule has 0 radical (unpaired) electrons. The maximum atomic E-state index is 13.2. The van der Waals surface area contributed by atoms with Crippen molar-refractivity contribution in [2.45, 2.75) is 24.3 Å². The smallest absolute Gasteiger partial charge is 0.252 e. The Hall–Kier alpha value is -0.810. The second kappa shape index (κ2) is 3.09. The minimum Gasteiger partial charge on any atom is -0.321 e. The zero-order valence-electron chi connectivity index (χ0n) is 7.61. The van der Waals surface area contributed by atoms with Crippen LogP contribution in [0.3, 0.4) is 0 Å². The van der Waals surface area contributed by atoms with E-state index in [-0.39, 0.29) is 10.6 Å². The number of nitrogens with zero attached hydrogens (tertiary/aromatic N) is 1. The van der Waals surface area contributed by atoms with Gasteiger partial charge in [-0.05, 0) is 6.07 Å². The molecule has 2 nitrogen and oxygen atoms in total. The molecule has 1 aromatic rings. The molecule has 0 unspecified atom stereocenters. The molecule has 0 amide bonds. The van der Waals surface area contributed by atoms with E-state index in [4.69, 9.17) is 17.3 Å². The highest BCUT2D eigenvalue weighted by Crippen LogP contribution is 2.50. The van der Waals surface area contributed by atoms with Gasteiger partial charge in [0.05, 0.1) is 10.6 Å². The molecular weight excluding hydrogens is 229 g/mol. The highest BCUT2D eigenvalue weighted by Gasteiger charge is 2.56. The fourth-order valence-corrected chi connectivity index (χ4v) is 1.99. The van der Waals surface area contributed by atoms with Crippen LogP contribution in [0, 0.1) is 5.95 Å². The molecule has 1 fully saturated rings. The third kappa shape index (κ3) is 1.81. The van der Waals surface area contributed by atoms with E-state index < -0.39 is 30.3 Å². The quantitative estimate of drug-likeness (QED) is 0.761. The molecule has 0 atom stereocenters. The zero-order chi connectivity index (χ0) is 11.3. The lowest BCUT2D eigenvalue weighted by Crippen LogP contribution is -2.56. The van der Waals surface area contributed by atoms with Gasteiger partial charge in [-0.2, -0.15) is 4.39 Å². The van der Waals surface area contributed by atoms with Crippen LogP contribution in [-0.2, 0) is 5.54 Å². The van der Waals surface area contributed by atoms with Crippen molar-refractivity contribution in [3.05, 3.63) is 28.8 Å². The van der Waals surface area contributed by atoms with Gasteiger partial charge in [0.25, 0.3) is 5.92 Å². The average Bonchev–Trinajstić information content (AvgIpc) is 2.05. The summed E-state index contributed by atoms with van der Waals surface area (Å²) in [6.45, 7) is 0. The Morgan fingerprint density at radius 1 is 1.40 bits per heavy atom. The van der Waals surface area contributed by atoms with E-state index in [1.54, 1.807) is 0 Å². The van der Waals surface area contributed by atoms with Crippen molar-refractivity contribution < 1.29 is 13.2 Å². The van der Waals surface area contributed by atoms with E-state index in [2.05, 4.69) is 4.98 Å². The molecule has 1 aliphatic rings. The largest absolute Gasteiger partial charge is 0.321 e. The average molecular weight is 237 g/mol. The van der Waals surface area contributed by atoms with Crippen LogP contribution < -0.4 is 5.73 Å². The maximum Gasteiger partial charge on any atom is 0.252 e. The van der Waals surface area contributed by atoms with Crippen LogP contribution in [0.4, 0.5) is 13.2 Å². The standard InChI is InChI=1S/C9H8ClF3N2/c10-5-1-6(7(11)15-2-5)8(14)3-9(12,13)4-8/h1-2H,3-4,14H2. The van der Waals surface area contributed by atoms with Crippen LogP contribution in [0.2, 0.25) is 5.02 Å². The highest BCUT2D eigenvalue weighted by molar-refractivity contribution is 6.30. The second-order valence-electron chi connectivity index (χ2n) is 3.86. The van der Waals surface area contributed by atoms with Gasteiger partial charge in [0.15, 0.2) is 0 Å². The predicted molar refractivity (Wildman–Crippen MR) is 49.3 cm³/mol. The molecule has 2 N–H and O–H groups in total. The number of rotatable bonds is 1. The number of alkyl halides is 2. The Morgan fingerprint density at radius 2 is 2.00 bits per heavy atom. The van der Waals surface area contributed by atoms with Crippen molar-refractivity contribution in [1.82, 2.24) is 4.98 Å². The Balaban J connectivity index is 2.35. The third-order valence-electron chi connectivity index (χ3n) is 2.49. The van der Waals surface area contributed by atoms with Gasteiger partial charge in [-0.25, -0.2) is 13.8 Å². The van der Waals surface area contributed by atoms with Crippen LogP contribution in [-0.4, -0.2) is 10.9 Å². The lowest BCUT2D eigenvalue weighted by atomic mass is 9.70. The molecule has 1 aliphatic carbocycles. The van der Waals surface area contributed by atoms with Crippen LogP contribution in [0.15, 0.2) is 12.3 Å². The van der Waals surface area contributed by atoms with Gasteiger partial charge < -0.3 is 5.73 Å². The Morgan fingerprint density at radius 3 is 2.53 bits per heavy atom. The van der Waals surface area contributed by atoms with Crippen molar-refractivity contribution in [1.29, 1.82) is 0 Å². The van der Waals surface area contributed by atoms with Gasteiger partial charge in [0, 0.05) is 24.6 Å². The first-order chi connectivity index (χ1) is 6.82. The third-order valence-corrected chi connectivity index (χ3v) is 2.70. The number of aromatic nitrogens is 1. The molecule has 2 rings (SSSR count). The summed E-state index contributed by atoms with van der Waals surface area (Å²) < 4.78 is 38.6. The van der Waals surface area contributed by atoms with Crippen LogP contribution in [0.5, 0.6) is 0 Å². The van der Waals surface area contributed by atoms with Crippen LogP contribution >= 0.6 is 11.6 Å². The second-order valence-corrected chi connectivity index (χ2v) is 4.29. The lowest BCUT2D eigenvalue weighted by Gasteiger charge is -2.44. The van der Waals surface area contributed by atoms with Crippen molar-refractivity contribution in [2.75, 3.05) is 0 Å². The van der Waals surface area contributed by atoms with Gasteiger partial charge >= 0.3 is 0 Å². The van der Waals surface area contributed by atoms with E-state index in [0.29, 0.717) is 0 Å². The van der Waals surface area contributed by atoms with Gasteiger partial charge in [0.2, 0.25) is 5.95 Å². The highest BCUT2D eigenvalue weighted by atomic mass is 35.5. The molecule has 0 saturated heterocycles. The van der Waals surface area contributed by atoms with E-state index in [9.17, 15) is 13.2 Å². The maximum absolute atomic E-state index is 13.2. The predicted octanol–water partition coefficient (Wildman–Crippen LogP) is 2.46. The Bertz CT molecular complexity index is 400. The monoisotopic (exact) mass is 236 g/mol. The van der Waals surface area contributed by atoms with Gasteiger partial charge in [-0.15, -0.1) is 0 Å². The molecule has 0 aliphatic heterocycles. The first-order valence-electron chi connectivity index (χ1n) is 4.31. The Labute approximate surface area is 89.2 Å². The molecule has 0 spiro atoms. The molecule has 15 heavy (non-hydrogen) atoms. The molecule has 1 saturated carbocycles. The summed E-state index contributed by atoms with van der Waals surface area (Å²) in [5.74, 6) is -3.65. The van der Waals surface area contributed by atoms with Crippen LogP contribution in [0.1, 0.15) is 18.4 Å². The van der Waals surface area contributed by atoms with Crippen molar-refractivity contribution in [3.63, 3.8) is 0 Å². The van der Waals surface area contributed by atoms with E-state index in [1.165, 1.54) is 6.07 Å². The SMILES string of the molecule is NC1(c2cc(Cl)cnc2F)CC(F)(F)C1. The molecule has 1 heterocycles. The first-order valence-corrected chi connectivity index (χ1v) is 4.68. The Kier molecular flexibility index (Phi) is 2.20. The van der Waals surface area contributed by atoms with Crippen molar-refractivity contribution in [2.24, 2.45) is 5.73 Å². The number of hydrogen-bond donors (Lipinski definition) is 1. The summed E-state index contributed by atoms with van der Waals surface area (Å²) in [4.78, 5) is 3.35. The topological polar surface area (TPSA) is 38.9 Å². The van der Waals surface area contributed by atoms with Crippen molar-refractivity contribution >= 4 is 11.6 Å². The van der Waals surface area contributed by atoms with Crippen molar-refractivity contribution in [3.8, 4) is 0 Å². The number of pyridine rings is 1. The van der Waals surface area contributed by atoms with E-state index >= 15 is 0 Å². The normalized spacial score (nSPS) is 22.2. The molecule has 6 heteroatoms. The van der Waals surface area contributed by atoms with E-state index in [0.717, 1.165) is 6.20 Å². The minimum atomic E-state index is -2.82. The fourth-order valence-electron chi connectivity index (χ4n) is 1.83. The fraction of sp³-hybridized carbons (Fsp3) is 0.444. The van der Waals surface area contributed by atoms with Gasteiger partial charge in [-0.3, -0.25) is 0 Å². The first kappa shape index (κ1) is 10.7. The summed E-state index contributed by atoms with van der Waals surface area (Å²) in [5, 5.41) is 0.187. The number of hydrogen-bond acceptors (Lipinski definition) is 2. The minimum absolute atomic E-state index is 0.0408. The number of halogens is 4. The van der Waals surface area contributed by atoms with Gasteiger partial charge in [0.1, 0.15) is 0 Å². The molecule has 1 aromatic heterocycles. The summed E-state index contributed by atoms with van der Waals surface area (Å²) in [7, 11) is 0. The van der Waals surface area contributed by atoms with Gasteiger partial charge in [-0.1, -0.05) is 11.6 Å². The lowest BCUT2D eigenvalue weighted by molar-refractivity contribution is -0.126. The zero-order valence-corrected chi connectivity index (χ0v) is 8.36. The summed E-state index contributed by atoms with van der Waals surface area (Å²) in [6, 6.07) is 1.25. The van der Waals surface area contributed by atoms with Crippen LogP contribution in [0.25, 0.3) is 0 Å². The molecular formula is C9H8ClF3N2. The molecule has 0 bridgehead atoms.